The Morgan fingerprint density at radius 3 is 2.45 bits per heavy atom. The molecule has 1 heterocycles. The van der Waals surface area contributed by atoms with Crippen LogP contribution in [0.25, 0.3) is 0 Å². The van der Waals surface area contributed by atoms with Gasteiger partial charge in [0.25, 0.3) is 0 Å². The first kappa shape index (κ1) is 18.3. The van der Waals surface area contributed by atoms with Crippen LogP contribution in [0.4, 0.5) is 4.79 Å². The number of carbonyl (C=O) groups is 3. The SMILES string of the molecule is CCCN1CCCN(C(=O)C(NC(N)=O)C(C)(C)C)CC1=O. The van der Waals surface area contributed by atoms with Crippen molar-refractivity contribution >= 4 is 17.8 Å². The molecule has 1 rings (SSSR count). The molecule has 0 aromatic heterocycles. The molecular formula is C15H28N4O3. The summed E-state index contributed by atoms with van der Waals surface area (Å²) in [4.78, 5) is 39.5. The highest BCUT2D eigenvalue weighted by molar-refractivity contribution is 5.90. The number of primary amides is 1. The molecule has 126 valence electrons. The summed E-state index contributed by atoms with van der Waals surface area (Å²) in [5, 5.41) is 2.51. The molecule has 7 nitrogen and oxygen atoms in total. The van der Waals surface area contributed by atoms with Crippen molar-refractivity contribution in [3.8, 4) is 0 Å². The Hall–Kier alpha value is -1.79. The summed E-state index contributed by atoms with van der Waals surface area (Å²) in [6.45, 7) is 9.54. The highest BCUT2D eigenvalue weighted by atomic mass is 16.2. The Balaban J connectivity index is 2.85. The van der Waals surface area contributed by atoms with Crippen molar-refractivity contribution < 1.29 is 14.4 Å². The zero-order valence-electron chi connectivity index (χ0n) is 14.0. The fraction of sp³-hybridized carbons (Fsp3) is 0.800. The lowest BCUT2D eigenvalue weighted by atomic mass is 9.85. The zero-order valence-corrected chi connectivity index (χ0v) is 14.0. The summed E-state index contributed by atoms with van der Waals surface area (Å²) in [6.07, 6.45) is 1.64. The van der Waals surface area contributed by atoms with Crippen molar-refractivity contribution in [1.82, 2.24) is 15.1 Å². The van der Waals surface area contributed by atoms with Crippen LogP contribution < -0.4 is 11.1 Å². The molecule has 0 bridgehead atoms. The van der Waals surface area contributed by atoms with Gasteiger partial charge in [0.15, 0.2) is 0 Å². The monoisotopic (exact) mass is 312 g/mol. The number of hydrogen-bond donors (Lipinski definition) is 2. The molecule has 7 heteroatoms. The highest BCUT2D eigenvalue weighted by Gasteiger charge is 2.36. The number of nitrogens with one attached hydrogen (secondary N) is 1. The molecule has 0 radical (unpaired) electrons. The third-order valence-corrected chi connectivity index (χ3v) is 3.74. The minimum Gasteiger partial charge on any atom is -0.352 e. The van der Waals surface area contributed by atoms with E-state index in [1.54, 1.807) is 4.90 Å². The van der Waals surface area contributed by atoms with E-state index in [0.29, 0.717) is 19.6 Å². The molecule has 1 aliphatic rings. The van der Waals surface area contributed by atoms with Gasteiger partial charge in [0.05, 0.1) is 6.54 Å². The first-order valence-corrected chi connectivity index (χ1v) is 7.79. The summed E-state index contributed by atoms with van der Waals surface area (Å²) in [5.41, 5.74) is 4.70. The van der Waals surface area contributed by atoms with Crippen LogP contribution in [0.15, 0.2) is 0 Å². The van der Waals surface area contributed by atoms with Crippen molar-refractivity contribution in [3.05, 3.63) is 0 Å². The van der Waals surface area contributed by atoms with Crippen LogP contribution in [-0.2, 0) is 9.59 Å². The number of nitrogens with zero attached hydrogens (tertiary/aromatic N) is 2. The average molecular weight is 312 g/mol. The van der Waals surface area contributed by atoms with Crippen molar-refractivity contribution in [2.75, 3.05) is 26.2 Å². The maximum absolute atomic E-state index is 12.7. The van der Waals surface area contributed by atoms with E-state index in [9.17, 15) is 14.4 Å². The fourth-order valence-electron chi connectivity index (χ4n) is 2.59. The molecule has 4 amide bonds. The molecule has 1 atom stereocenters. The normalized spacial score (nSPS) is 17.9. The van der Waals surface area contributed by atoms with Gasteiger partial charge >= 0.3 is 6.03 Å². The maximum atomic E-state index is 12.7. The Labute approximate surface area is 132 Å². The van der Waals surface area contributed by atoms with Crippen molar-refractivity contribution in [2.45, 2.75) is 46.6 Å². The molecule has 1 saturated heterocycles. The molecule has 3 N–H and O–H groups in total. The van der Waals surface area contributed by atoms with E-state index in [2.05, 4.69) is 5.32 Å². The van der Waals surface area contributed by atoms with E-state index < -0.39 is 17.5 Å². The smallest absolute Gasteiger partial charge is 0.312 e. The van der Waals surface area contributed by atoms with Crippen LogP contribution in [0, 0.1) is 5.41 Å². The predicted molar refractivity (Wildman–Crippen MR) is 84.0 cm³/mol. The third-order valence-electron chi connectivity index (χ3n) is 3.74. The second-order valence-electron chi connectivity index (χ2n) is 6.80. The molecule has 22 heavy (non-hydrogen) atoms. The van der Waals surface area contributed by atoms with E-state index in [1.165, 1.54) is 4.90 Å². The van der Waals surface area contributed by atoms with E-state index in [-0.39, 0.29) is 18.4 Å². The summed E-state index contributed by atoms with van der Waals surface area (Å²) in [6, 6.07) is -1.47. The number of amides is 4. The fourth-order valence-corrected chi connectivity index (χ4v) is 2.59. The average Bonchev–Trinajstić information content (AvgIpc) is 2.57. The van der Waals surface area contributed by atoms with Gasteiger partial charge in [-0.25, -0.2) is 4.79 Å². The Morgan fingerprint density at radius 2 is 1.95 bits per heavy atom. The highest BCUT2D eigenvalue weighted by Crippen LogP contribution is 2.22. The van der Waals surface area contributed by atoms with Gasteiger partial charge in [-0.2, -0.15) is 0 Å². The van der Waals surface area contributed by atoms with Crippen LogP contribution >= 0.6 is 0 Å². The number of carbonyl (C=O) groups excluding carboxylic acids is 3. The maximum Gasteiger partial charge on any atom is 0.312 e. The van der Waals surface area contributed by atoms with Crippen molar-refractivity contribution in [3.63, 3.8) is 0 Å². The lowest BCUT2D eigenvalue weighted by Crippen LogP contribution is -2.56. The largest absolute Gasteiger partial charge is 0.352 e. The molecule has 1 fully saturated rings. The molecular weight excluding hydrogens is 284 g/mol. The molecule has 1 aliphatic heterocycles. The summed E-state index contributed by atoms with van der Waals surface area (Å²) < 4.78 is 0. The molecule has 0 aromatic carbocycles. The second-order valence-corrected chi connectivity index (χ2v) is 6.80. The van der Waals surface area contributed by atoms with Gasteiger partial charge < -0.3 is 20.9 Å². The number of urea groups is 1. The molecule has 0 aromatic rings. The Kier molecular flexibility index (Phi) is 6.20. The van der Waals surface area contributed by atoms with Gasteiger partial charge in [-0.05, 0) is 18.3 Å². The van der Waals surface area contributed by atoms with Gasteiger partial charge in [0.2, 0.25) is 11.8 Å². The summed E-state index contributed by atoms with van der Waals surface area (Å²) in [5.74, 6) is -0.294. The van der Waals surface area contributed by atoms with E-state index in [1.807, 2.05) is 27.7 Å². The van der Waals surface area contributed by atoms with E-state index in [0.717, 1.165) is 12.8 Å². The molecule has 0 aliphatic carbocycles. The van der Waals surface area contributed by atoms with Crippen LogP contribution in [0.3, 0.4) is 0 Å². The first-order valence-electron chi connectivity index (χ1n) is 7.79. The standard InChI is InChI=1S/C15H28N4O3/c1-5-7-18-8-6-9-19(10-11(18)20)13(21)12(15(2,3)4)17-14(16)22/h12H,5-10H2,1-4H3,(H3,16,17,22). The van der Waals surface area contributed by atoms with Gasteiger partial charge in [0.1, 0.15) is 6.04 Å². The Bertz CT molecular complexity index is 431. The molecule has 0 saturated carbocycles. The quantitative estimate of drug-likeness (QED) is 0.793. The van der Waals surface area contributed by atoms with Gasteiger partial charge in [-0.3, -0.25) is 9.59 Å². The minimum atomic E-state index is -0.740. The lowest BCUT2D eigenvalue weighted by molar-refractivity contribution is -0.141. The number of hydrogen-bond acceptors (Lipinski definition) is 3. The number of nitrogens with two attached hydrogens (primary N) is 1. The van der Waals surface area contributed by atoms with E-state index >= 15 is 0 Å². The zero-order chi connectivity index (χ0) is 16.9. The first-order chi connectivity index (χ1) is 10.2. The van der Waals surface area contributed by atoms with Crippen LogP contribution in [-0.4, -0.2) is 59.9 Å². The molecule has 0 spiro atoms. The van der Waals surface area contributed by atoms with Crippen LogP contribution in [0.2, 0.25) is 0 Å². The minimum absolute atomic E-state index is 0.0422. The van der Waals surface area contributed by atoms with Gasteiger partial charge in [-0.1, -0.05) is 27.7 Å². The van der Waals surface area contributed by atoms with Crippen LogP contribution in [0.1, 0.15) is 40.5 Å². The van der Waals surface area contributed by atoms with Crippen molar-refractivity contribution in [1.29, 1.82) is 0 Å². The Morgan fingerprint density at radius 1 is 1.32 bits per heavy atom. The lowest BCUT2D eigenvalue weighted by Gasteiger charge is -2.33. The van der Waals surface area contributed by atoms with Crippen molar-refractivity contribution in [2.24, 2.45) is 11.1 Å². The summed E-state index contributed by atoms with van der Waals surface area (Å²) >= 11 is 0. The topological polar surface area (TPSA) is 95.7 Å². The third kappa shape index (κ3) is 4.89. The van der Waals surface area contributed by atoms with E-state index in [4.69, 9.17) is 5.73 Å². The van der Waals surface area contributed by atoms with Gasteiger partial charge in [0, 0.05) is 19.6 Å². The second kappa shape index (κ2) is 7.47. The number of rotatable bonds is 4. The molecule has 1 unspecified atom stereocenters. The van der Waals surface area contributed by atoms with Gasteiger partial charge in [-0.15, -0.1) is 0 Å². The predicted octanol–water partition coefficient (Wildman–Crippen LogP) is 0.540. The summed E-state index contributed by atoms with van der Waals surface area (Å²) in [7, 11) is 0. The van der Waals surface area contributed by atoms with Crippen LogP contribution in [0.5, 0.6) is 0 Å².